The minimum atomic E-state index is -0.844. The number of aliphatic carboxylic acids is 1. The zero-order chi connectivity index (χ0) is 14.7. The van der Waals surface area contributed by atoms with Crippen molar-refractivity contribution in [1.82, 2.24) is 4.90 Å². The van der Waals surface area contributed by atoms with E-state index in [2.05, 4.69) is 0 Å². The minimum absolute atomic E-state index is 0.0000926. The van der Waals surface area contributed by atoms with Crippen LogP contribution in [0.2, 0.25) is 0 Å². The van der Waals surface area contributed by atoms with Gasteiger partial charge in [-0.15, -0.1) is 0 Å². The summed E-state index contributed by atoms with van der Waals surface area (Å²) in [7, 11) is 0. The Labute approximate surface area is 120 Å². The molecule has 1 amide bonds. The van der Waals surface area contributed by atoms with Crippen LogP contribution in [0.4, 0.5) is 0 Å². The van der Waals surface area contributed by atoms with Crippen LogP contribution in [0.15, 0.2) is 0 Å². The average molecular weight is 283 g/mol. The van der Waals surface area contributed by atoms with Crippen LogP contribution in [0.5, 0.6) is 0 Å². The second-order valence-electron chi connectivity index (χ2n) is 6.32. The quantitative estimate of drug-likeness (QED) is 0.819. The lowest BCUT2D eigenvalue weighted by atomic mass is 9.91. The lowest BCUT2D eigenvalue weighted by Crippen LogP contribution is -2.48. The molecule has 1 heterocycles. The SMILES string of the molecule is CC1CC(C(=O)O)C(C(=O)N2CCCCC2CCO)C1. The van der Waals surface area contributed by atoms with Gasteiger partial charge < -0.3 is 15.1 Å². The van der Waals surface area contributed by atoms with Crippen LogP contribution >= 0.6 is 0 Å². The zero-order valence-corrected chi connectivity index (χ0v) is 12.1. The second kappa shape index (κ2) is 6.57. The van der Waals surface area contributed by atoms with Gasteiger partial charge in [-0.2, -0.15) is 0 Å². The number of hydrogen-bond donors (Lipinski definition) is 2. The first kappa shape index (κ1) is 15.3. The molecule has 2 fully saturated rings. The first-order valence-corrected chi connectivity index (χ1v) is 7.68. The molecular formula is C15H25NO4. The van der Waals surface area contributed by atoms with Crippen molar-refractivity contribution in [3.63, 3.8) is 0 Å². The molecule has 0 radical (unpaired) electrons. The number of aliphatic hydroxyl groups excluding tert-OH is 1. The van der Waals surface area contributed by atoms with Crippen LogP contribution in [0, 0.1) is 17.8 Å². The molecule has 0 aromatic heterocycles. The van der Waals surface area contributed by atoms with E-state index in [9.17, 15) is 14.7 Å². The molecular weight excluding hydrogens is 258 g/mol. The third kappa shape index (κ3) is 3.14. The predicted molar refractivity (Wildman–Crippen MR) is 74.1 cm³/mol. The number of carboxylic acid groups (broad SMARTS) is 1. The summed E-state index contributed by atoms with van der Waals surface area (Å²) in [6, 6.07) is 0.0894. The fourth-order valence-electron chi connectivity index (χ4n) is 3.79. The van der Waals surface area contributed by atoms with Crippen molar-refractivity contribution >= 4 is 11.9 Å². The number of carbonyl (C=O) groups excluding carboxylic acids is 1. The van der Waals surface area contributed by atoms with Gasteiger partial charge in [-0.3, -0.25) is 9.59 Å². The third-order valence-electron chi connectivity index (χ3n) is 4.81. The van der Waals surface area contributed by atoms with Crippen LogP contribution in [0.25, 0.3) is 0 Å². The fourth-order valence-corrected chi connectivity index (χ4v) is 3.79. The Hall–Kier alpha value is -1.10. The highest BCUT2D eigenvalue weighted by molar-refractivity contribution is 5.85. The molecule has 1 aliphatic heterocycles. The second-order valence-corrected chi connectivity index (χ2v) is 6.32. The Morgan fingerprint density at radius 2 is 1.90 bits per heavy atom. The summed E-state index contributed by atoms with van der Waals surface area (Å²) < 4.78 is 0. The number of rotatable bonds is 4. The van der Waals surface area contributed by atoms with E-state index in [0.29, 0.717) is 31.7 Å². The number of carboxylic acids is 1. The molecule has 1 aliphatic carbocycles. The molecule has 114 valence electrons. The Kier molecular flexibility index (Phi) is 5.02. The van der Waals surface area contributed by atoms with E-state index < -0.39 is 11.9 Å². The average Bonchev–Trinajstić information content (AvgIpc) is 2.81. The van der Waals surface area contributed by atoms with Gasteiger partial charge in [-0.05, 0) is 44.4 Å². The molecule has 0 aromatic carbocycles. The maximum absolute atomic E-state index is 12.7. The topological polar surface area (TPSA) is 77.8 Å². The number of carbonyl (C=O) groups is 2. The molecule has 5 heteroatoms. The first-order chi connectivity index (χ1) is 9.54. The number of aliphatic hydroxyl groups is 1. The largest absolute Gasteiger partial charge is 0.481 e. The van der Waals surface area contributed by atoms with E-state index in [-0.39, 0.29) is 24.5 Å². The highest BCUT2D eigenvalue weighted by Gasteiger charge is 2.44. The number of likely N-dealkylation sites (tertiary alicyclic amines) is 1. The maximum Gasteiger partial charge on any atom is 0.307 e. The van der Waals surface area contributed by atoms with Crippen molar-refractivity contribution in [1.29, 1.82) is 0 Å². The van der Waals surface area contributed by atoms with Crippen molar-refractivity contribution < 1.29 is 19.8 Å². The predicted octanol–water partition coefficient (Wildman–Crippen LogP) is 1.50. The molecule has 0 bridgehead atoms. The molecule has 5 nitrogen and oxygen atoms in total. The standard InChI is InChI=1S/C15H25NO4/c1-10-8-12(13(9-10)15(19)20)14(18)16-6-3-2-4-11(16)5-7-17/h10-13,17H,2-9H2,1H3,(H,19,20). The van der Waals surface area contributed by atoms with Crippen LogP contribution in [0.3, 0.4) is 0 Å². The van der Waals surface area contributed by atoms with E-state index in [1.165, 1.54) is 0 Å². The molecule has 1 saturated carbocycles. The summed E-state index contributed by atoms with van der Waals surface area (Å²) in [5.74, 6) is -1.45. The monoisotopic (exact) mass is 283 g/mol. The van der Waals surface area contributed by atoms with Crippen molar-refractivity contribution in [2.24, 2.45) is 17.8 Å². The van der Waals surface area contributed by atoms with Gasteiger partial charge in [0.15, 0.2) is 0 Å². The Bertz CT molecular complexity index is 369. The molecule has 4 unspecified atom stereocenters. The van der Waals surface area contributed by atoms with Crippen LogP contribution < -0.4 is 0 Å². The number of amides is 1. The van der Waals surface area contributed by atoms with Gasteiger partial charge in [-0.1, -0.05) is 6.92 Å². The first-order valence-electron chi connectivity index (χ1n) is 7.68. The summed E-state index contributed by atoms with van der Waals surface area (Å²) in [4.78, 5) is 25.9. The number of piperidine rings is 1. The van der Waals surface area contributed by atoms with Crippen molar-refractivity contribution in [3.8, 4) is 0 Å². The lowest BCUT2D eigenvalue weighted by molar-refractivity contribution is -0.150. The van der Waals surface area contributed by atoms with Crippen LogP contribution in [-0.2, 0) is 9.59 Å². The lowest BCUT2D eigenvalue weighted by Gasteiger charge is -2.37. The van der Waals surface area contributed by atoms with Gasteiger partial charge >= 0.3 is 5.97 Å². The van der Waals surface area contributed by atoms with Crippen molar-refractivity contribution in [2.45, 2.75) is 51.5 Å². The van der Waals surface area contributed by atoms with Gasteiger partial charge in [0, 0.05) is 19.2 Å². The summed E-state index contributed by atoms with van der Waals surface area (Å²) in [5, 5.41) is 18.4. The Balaban J connectivity index is 2.09. The van der Waals surface area contributed by atoms with E-state index in [4.69, 9.17) is 5.11 Å². The van der Waals surface area contributed by atoms with Crippen molar-refractivity contribution in [3.05, 3.63) is 0 Å². The summed E-state index contributed by atoms with van der Waals surface area (Å²) in [6.45, 7) is 2.81. The fraction of sp³-hybridized carbons (Fsp3) is 0.867. The molecule has 2 aliphatic rings. The summed E-state index contributed by atoms with van der Waals surface area (Å²) in [5.41, 5.74) is 0. The Morgan fingerprint density at radius 3 is 2.55 bits per heavy atom. The molecule has 1 saturated heterocycles. The molecule has 0 spiro atoms. The number of nitrogens with zero attached hydrogens (tertiary/aromatic N) is 1. The smallest absolute Gasteiger partial charge is 0.307 e. The Morgan fingerprint density at radius 1 is 1.20 bits per heavy atom. The third-order valence-corrected chi connectivity index (χ3v) is 4.81. The maximum atomic E-state index is 12.7. The van der Waals surface area contributed by atoms with Gasteiger partial charge in [0.25, 0.3) is 0 Å². The summed E-state index contributed by atoms with van der Waals surface area (Å²) in [6.07, 6.45) is 4.87. The highest BCUT2D eigenvalue weighted by atomic mass is 16.4. The van der Waals surface area contributed by atoms with Gasteiger partial charge in [-0.25, -0.2) is 0 Å². The van der Waals surface area contributed by atoms with E-state index in [1.54, 1.807) is 0 Å². The van der Waals surface area contributed by atoms with E-state index >= 15 is 0 Å². The van der Waals surface area contributed by atoms with E-state index in [1.807, 2.05) is 11.8 Å². The zero-order valence-electron chi connectivity index (χ0n) is 12.1. The molecule has 0 aromatic rings. The van der Waals surface area contributed by atoms with Crippen molar-refractivity contribution in [2.75, 3.05) is 13.2 Å². The van der Waals surface area contributed by atoms with Crippen LogP contribution in [0.1, 0.15) is 45.4 Å². The van der Waals surface area contributed by atoms with Gasteiger partial charge in [0.1, 0.15) is 0 Å². The summed E-state index contributed by atoms with van der Waals surface area (Å²) >= 11 is 0. The number of hydrogen-bond acceptors (Lipinski definition) is 3. The van der Waals surface area contributed by atoms with Gasteiger partial charge in [0.2, 0.25) is 5.91 Å². The molecule has 20 heavy (non-hydrogen) atoms. The normalized spacial score (nSPS) is 34.2. The highest BCUT2D eigenvalue weighted by Crippen LogP contribution is 2.38. The molecule has 4 atom stereocenters. The van der Waals surface area contributed by atoms with Gasteiger partial charge in [0.05, 0.1) is 11.8 Å². The molecule has 2 N–H and O–H groups in total. The minimum Gasteiger partial charge on any atom is -0.481 e. The van der Waals surface area contributed by atoms with Crippen LogP contribution in [-0.4, -0.2) is 46.2 Å². The van der Waals surface area contributed by atoms with E-state index in [0.717, 1.165) is 19.3 Å². The molecule has 2 rings (SSSR count).